The molecule has 4 rings (SSSR count). The minimum atomic E-state index is -0.771. The van der Waals surface area contributed by atoms with Crippen molar-refractivity contribution >= 4 is 18.0 Å². The molecule has 3 N–H and O–H groups in total. The summed E-state index contributed by atoms with van der Waals surface area (Å²) in [6.45, 7) is 1.14. The third kappa shape index (κ3) is 5.94. The van der Waals surface area contributed by atoms with Crippen LogP contribution in [0.1, 0.15) is 36.3 Å². The Bertz CT molecular complexity index is 988. The van der Waals surface area contributed by atoms with Crippen molar-refractivity contribution < 1.29 is 29.0 Å². The number of carboxylic acids is 1. The summed E-state index contributed by atoms with van der Waals surface area (Å²) in [4.78, 5) is 34.6. The van der Waals surface area contributed by atoms with Gasteiger partial charge in [-0.1, -0.05) is 48.5 Å². The summed E-state index contributed by atoms with van der Waals surface area (Å²) in [5.74, 6) is -0.424. The fourth-order valence-corrected chi connectivity index (χ4v) is 4.80. The van der Waals surface area contributed by atoms with E-state index in [-0.39, 0.29) is 50.5 Å². The molecule has 0 saturated heterocycles. The minimum absolute atomic E-state index is 0.00756. The number of carboxylic acid groups (broad SMARTS) is 1. The number of amides is 2. The number of carbonyl (C=O) groups is 3. The van der Waals surface area contributed by atoms with Crippen molar-refractivity contribution in [2.75, 3.05) is 32.9 Å². The number of alkyl carbamates (subject to hydrolysis) is 1. The van der Waals surface area contributed by atoms with Crippen molar-refractivity contribution in [3.63, 3.8) is 0 Å². The summed E-state index contributed by atoms with van der Waals surface area (Å²) < 4.78 is 10.8. The first-order valence-corrected chi connectivity index (χ1v) is 11.7. The summed E-state index contributed by atoms with van der Waals surface area (Å²) in [5, 5.41) is 14.2. The Labute approximate surface area is 198 Å². The lowest BCUT2D eigenvalue weighted by Crippen LogP contribution is -2.38. The smallest absolute Gasteiger partial charge is 0.407 e. The average Bonchev–Trinajstić information content (AvgIpc) is 3.12. The molecule has 2 aromatic carbocycles. The molecule has 2 aliphatic rings. The Balaban J connectivity index is 1.08. The summed E-state index contributed by atoms with van der Waals surface area (Å²) in [5.41, 5.74) is 4.67. The Morgan fingerprint density at radius 2 is 1.56 bits per heavy atom. The van der Waals surface area contributed by atoms with Crippen molar-refractivity contribution in [3.8, 4) is 11.1 Å². The van der Waals surface area contributed by atoms with Crippen molar-refractivity contribution in [3.05, 3.63) is 59.7 Å². The average molecular weight is 467 g/mol. The Morgan fingerprint density at radius 1 is 0.912 bits per heavy atom. The van der Waals surface area contributed by atoms with E-state index >= 15 is 0 Å². The number of hydrogen-bond donors (Lipinski definition) is 3. The van der Waals surface area contributed by atoms with Crippen LogP contribution in [0.2, 0.25) is 0 Å². The second-order valence-corrected chi connectivity index (χ2v) is 8.91. The van der Waals surface area contributed by atoms with Crippen LogP contribution in [0, 0.1) is 11.8 Å². The number of hydrogen-bond acceptors (Lipinski definition) is 5. The molecule has 0 unspecified atom stereocenters. The summed E-state index contributed by atoms with van der Waals surface area (Å²) >= 11 is 0. The molecule has 0 aromatic heterocycles. The van der Waals surface area contributed by atoms with Crippen LogP contribution >= 0.6 is 0 Å². The van der Waals surface area contributed by atoms with Gasteiger partial charge in [0.2, 0.25) is 5.91 Å². The molecule has 1 fully saturated rings. The maximum atomic E-state index is 12.1. The molecular formula is C26H30N2O6. The monoisotopic (exact) mass is 466 g/mol. The minimum Gasteiger partial charge on any atom is -0.481 e. The zero-order valence-corrected chi connectivity index (χ0v) is 19.0. The fraction of sp³-hybridized carbons (Fsp3) is 0.423. The number of benzene rings is 2. The van der Waals surface area contributed by atoms with Gasteiger partial charge in [-0.3, -0.25) is 9.59 Å². The van der Waals surface area contributed by atoms with Crippen LogP contribution in [0.4, 0.5) is 4.79 Å². The molecule has 0 atom stereocenters. The molecule has 8 heteroatoms. The summed E-state index contributed by atoms with van der Waals surface area (Å²) in [6.07, 6.45) is 1.34. The Kier molecular flexibility index (Phi) is 7.80. The lowest BCUT2D eigenvalue weighted by Gasteiger charge is -2.34. The maximum absolute atomic E-state index is 12.1. The lowest BCUT2D eigenvalue weighted by atomic mass is 9.73. The Hall–Kier alpha value is -3.39. The van der Waals surface area contributed by atoms with Gasteiger partial charge < -0.3 is 25.2 Å². The number of carbonyl (C=O) groups excluding carboxylic acids is 2. The van der Waals surface area contributed by atoms with E-state index in [1.165, 1.54) is 11.1 Å². The number of aliphatic carboxylic acids is 1. The molecular weight excluding hydrogens is 436 g/mol. The first-order valence-electron chi connectivity index (χ1n) is 11.7. The van der Waals surface area contributed by atoms with Gasteiger partial charge in [0.1, 0.15) is 13.2 Å². The van der Waals surface area contributed by atoms with Gasteiger partial charge in [-0.25, -0.2) is 4.79 Å². The van der Waals surface area contributed by atoms with Crippen molar-refractivity contribution in [2.45, 2.75) is 25.2 Å². The van der Waals surface area contributed by atoms with E-state index in [0.29, 0.717) is 12.5 Å². The molecule has 0 heterocycles. The van der Waals surface area contributed by atoms with E-state index in [9.17, 15) is 14.4 Å². The zero-order chi connectivity index (χ0) is 23.9. The van der Waals surface area contributed by atoms with Crippen molar-refractivity contribution in [1.29, 1.82) is 0 Å². The van der Waals surface area contributed by atoms with Crippen molar-refractivity contribution in [1.82, 2.24) is 10.6 Å². The third-order valence-corrected chi connectivity index (χ3v) is 6.48. The first-order chi connectivity index (χ1) is 16.5. The molecule has 34 heavy (non-hydrogen) atoms. The van der Waals surface area contributed by atoms with E-state index in [4.69, 9.17) is 14.6 Å². The molecule has 8 nitrogen and oxygen atoms in total. The van der Waals surface area contributed by atoms with Gasteiger partial charge in [0.25, 0.3) is 0 Å². The molecule has 0 spiro atoms. The highest BCUT2D eigenvalue weighted by Gasteiger charge is 2.31. The van der Waals surface area contributed by atoms with Crippen LogP contribution in [0.5, 0.6) is 0 Å². The molecule has 0 bridgehead atoms. The quantitative estimate of drug-likeness (QED) is 0.439. The number of rotatable bonds is 11. The summed E-state index contributed by atoms with van der Waals surface area (Å²) in [7, 11) is 0. The molecule has 180 valence electrons. The van der Waals surface area contributed by atoms with E-state index in [1.807, 2.05) is 24.3 Å². The largest absolute Gasteiger partial charge is 0.481 e. The summed E-state index contributed by atoms with van der Waals surface area (Å²) in [6, 6.07) is 16.3. The predicted octanol–water partition coefficient (Wildman–Crippen LogP) is 3.16. The highest BCUT2D eigenvalue weighted by molar-refractivity contribution is 5.79. The molecule has 2 aliphatic carbocycles. The van der Waals surface area contributed by atoms with Crippen LogP contribution in [-0.2, 0) is 19.1 Å². The van der Waals surface area contributed by atoms with Gasteiger partial charge in [-0.05, 0) is 46.9 Å². The van der Waals surface area contributed by atoms with Gasteiger partial charge in [0, 0.05) is 25.4 Å². The van der Waals surface area contributed by atoms with Gasteiger partial charge >= 0.3 is 12.1 Å². The topological polar surface area (TPSA) is 114 Å². The van der Waals surface area contributed by atoms with E-state index in [2.05, 4.69) is 34.9 Å². The number of nitrogens with one attached hydrogen (secondary N) is 2. The zero-order valence-electron chi connectivity index (χ0n) is 19.0. The first kappa shape index (κ1) is 23.8. The molecule has 1 saturated carbocycles. The van der Waals surface area contributed by atoms with Gasteiger partial charge in [-0.15, -0.1) is 0 Å². The Morgan fingerprint density at radius 3 is 2.21 bits per heavy atom. The normalized spacial score (nSPS) is 18.4. The SMILES string of the molecule is O=C(O)CC1CC(CNC(=O)COCCNC(=O)OCC2c3ccccc3-c3ccccc32)C1. The molecule has 2 aromatic rings. The standard InChI is InChI=1S/C26H30N2O6/c29-24(28-14-18-11-17(12-18)13-25(30)31)16-33-10-9-27-26(32)34-15-23-21-7-3-1-5-19(21)20-6-2-4-8-22(20)23/h1-8,17-18,23H,9-16H2,(H,27,32)(H,28,29)(H,30,31). The third-order valence-electron chi connectivity index (χ3n) is 6.48. The van der Waals surface area contributed by atoms with E-state index < -0.39 is 12.1 Å². The lowest BCUT2D eigenvalue weighted by molar-refractivity contribution is -0.139. The second-order valence-electron chi connectivity index (χ2n) is 8.91. The highest BCUT2D eigenvalue weighted by atomic mass is 16.5. The molecule has 0 aliphatic heterocycles. The van der Waals surface area contributed by atoms with Crippen LogP contribution < -0.4 is 10.6 Å². The number of fused-ring (bicyclic) bond motifs is 3. The number of ether oxygens (including phenoxy) is 2. The van der Waals surface area contributed by atoms with Gasteiger partial charge in [-0.2, -0.15) is 0 Å². The van der Waals surface area contributed by atoms with Crippen LogP contribution in [-0.4, -0.2) is 56.0 Å². The van der Waals surface area contributed by atoms with Crippen LogP contribution in [0.15, 0.2) is 48.5 Å². The van der Waals surface area contributed by atoms with Crippen LogP contribution in [0.3, 0.4) is 0 Å². The fourth-order valence-electron chi connectivity index (χ4n) is 4.80. The van der Waals surface area contributed by atoms with Crippen molar-refractivity contribution in [2.24, 2.45) is 11.8 Å². The molecule has 2 amide bonds. The maximum Gasteiger partial charge on any atom is 0.407 e. The van der Waals surface area contributed by atoms with E-state index in [0.717, 1.165) is 24.0 Å². The van der Waals surface area contributed by atoms with E-state index in [1.54, 1.807) is 0 Å². The predicted molar refractivity (Wildman–Crippen MR) is 125 cm³/mol. The highest BCUT2D eigenvalue weighted by Crippen LogP contribution is 2.44. The second kappa shape index (κ2) is 11.2. The van der Waals surface area contributed by atoms with Gasteiger partial charge in [0.05, 0.1) is 6.61 Å². The molecule has 0 radical (unpaired) electrons. The van der Waals surface area contributed by atoms with Gasteiger partial charge in [0.15, 0.2) is 0 Å². The van der Waals surface area contributed by atoms with Crippen LogP contribution in [0.25, 0.3) is 11.1 Å².